The lowest BCUT2D eigenvalue weighted by Gasteiger charge is -2.27. The fraction of sp³-hybridized carbons (Fsp3) is 1.00. The number of sulfonamides is 1. The van der Waals surface area contributed by atoms with Crippen molar-refractivity contribution in [3.8, 4) is 0 Å². The number of aliphatic hydroxyl groups excluding tert-OH is 1. The van der Waals surface area contributed by atoms with Crippen LogP contribution in [-0.2, 0) is 14.8 Å². The predicted molar refractivity (Wildman–Crippen MR) is 52.5 cm³/mol. The molecular weight excluding hydrogens is 206 g/mol. The summed E-state index contributed by atoms with van der Waals surface area (Å²) >= 11 is 0. The average Bonchev–Trinajstić information content (AvgIpc) is 2.09. The minimum absolute atomic E-state index is 0.149. The second kappa shape index (κ2) is 5.06. The first-order chi connectivity index (χ1) is 6.56. The largest absolute Gasteiger partial charge is 0.389 e. The Labute approximate surface area is 84.7 Å². The Hall–Kier alpha value is -0.170. The summed E-state index contributed by atoms with van der Waals surface area (Å²) in [7, 11) is -1.64. The van der Waals surface area contributed by atoms with Gasteiger partial charge in [-0.2, -0.15) is 4.31 Å². The number of methoxy groups -OCH3 is 1. The fourth-order valence-electron chi connectivity index (χ4n) is 1.53. The summed E-state index contributed by atoms with van der Waals surface area (Å²) in [6.45, 7) is 0.839. The smallest absolute Gasteiger partial charge is 0.214 e. The molecule has 0 saturated carbocycles. The molecule has 1 saturated heterocycles. The van der Waals surface area contributed by atoms with Crippen LogP contribution < -0.4 is 0 Å². The Morgan fingerprint density at radius 2 is 2.21 bits per heavy atom. The minimum Gasteiger partial charge on any atom is -0.389 e. The van der Waals surface area contributed by atoms with Crippen molar-refractivity contribution in [3.63, 3.8) is 0 Å². The molecule has 0 aromatic rings. The second-order valence-corrected chi connectivity index (χ2v) is 5.58. The molecule has 84 valence electrons. The lowest BCUT2D eigenvalue weighted by molar-refractivity contribution is 0.0518. The summed E-state index contributed by atoms with van der Waals surface area (Å²) in [6.07, 6.45) is 0.867. The Kier molecular flexibility index (Phi) is 4.31. The Bertz CT molecular complexity index is 265. The maximum Gasteiger partial charge on any atom is 0.214 e. The molecule has 0 aromatic heterocycles. The molecule has 1 rings (SSSR count). The number of aliphatic hydroxyl groups is 1. The van der Waals surface area contributed by atoms with Crippen LogP contribution in [0.3, 0.4) is 0 Å². The van der Waals surface area contributed by atoms with E-state index in [9.17, 15) is 13.5 Å². The van der Waals surface area contributed by atoms with Crippen LogP contribution in [0.4, 0.5) is 0 Å². The molecule has 1 aliphatic rings. The van der Waals surface area contributed by atoms with Gasteiger partial charge in [0.2, 0.25) is 10.0 Å². The monoisotopic (exact) mass is 223 g/mol. The summed E-state index contributed by atoms with van der Waals surface area (Å²) in [5.74, 6) is 0.201. The van der Waals surface area contributed by atoms with E-state index >= 15 is 0 Å². The molecule has 0 spiro atoms. The van der Waals surface area contributed by atoms with Crippen LogP contribution in [0.15, 0.2) is 0 Å². The van der Waals surface area contributed by atoms with Crippen molar-refractivity contribution >= 4 is 10.0 Å². The molecule has 1 atom stereocenters. The van der Waals surface area contributed by atoms with Crippen LogP contribution in [0.2, 0.25) is 0 Å². The van der Waals surface area contributed by atoms with Crippen LogP contribution in [0.5, 0.6) is 0 Å². The normalized spacial score (nSPS) is 24.7. The maximum atomic E-state index is 11.5. The van der Waals surface area contributed by atoms with Crippen molar-refractivity contribution in [3.05, 3.63) is 0 Å². The minimum atomic E-state index is -3.12. The molecule has 5 nitrogen and oxygen atoms in total. The van der Waals surface area contributed by atoms with Gasteiger partial charge in [0.1, 0.15) is 0 Å². The summed E-state index contributed by atoms with van der Waals surface area (Å²) in [6, 6.07) is 0. The van der Waals surface area contributed by atoms with Crippen LogP contribution in [0.1, 0.15) is 12.8 Å². The number of rotatable bonds is 4. The van der Waals surface area contributed by atoms with Gasteiger partial charge in [-0.05, 0) is 12.8 Å². The van der Waals surface area contributed by atoms with Crippen LogP contribution in [0.25, 0.3) is 0 Å². The van der Waals surface area contributed by atoms with Gasteiger partial charge < -0.3 is 9.84 Å². The van der Waals surface area contributed by atoms with Gasteiger partial charge in [0.15, 0.2) is 0 Å². The van der Waals surface area contributed by atoms with Gasteiger partial charge >= 0.3 is 0 Å². The summed E-state index contributed by atoms with van der Waals surface area (Å²) < 4.78 is 29.1. The third-order valence-corrected chi connectivity index (χ3v) is 4.15. The fourth-order valence-corrected chi connectivity index (χ4v) is 3.16. The van der Waals surface area contributed by atoms with Crippen molar-refractivity contribution in [2.75, 3.05) is 32.6 Å². The molecule has 1 unspecified atom stereocenters. The zero-order chi connectivity index (χ0) is 10.6. The van der Waals surface area contributed by atoms with Crippen LogP contribution in [0, 0.1) is 0 Å². The number of nitrogens with zero attached hydrogens (tertiary/aromatic N) is 1. The topological polar surface area (TPSA) is 66.8 Å². The summed E-state index contributed by atoms with van der Waals surface area (Å²) in [5.41, 5.74) is 0. The molecule has 0 aromatic carbocycles. The van der Waals surface area contributed by atoms with Gasteiger partial charge in [0.05, 0.1) is 18.5 Å². The van der Waals surface area contributed by atoms with E-state index in [1.807, 2.05) is 0 Å². The van der Waals surface area contributed by atoms with Gasteiger partial charge in [0, 0.05) is 20.2 Å². The SMILES string of the molecule is COCC(O)CN1CCCCS1(=O)=O. The van der Waals surface area contributed by atoms with Gasteiger partial charge in [0.25, 0.3) is 0 Å². The van der Waals surface area contributed by atoms with E-state index in [1.165, 1.54) is 11.4 Å². The molecule has 1 N–H and O–H groups in total. The van der Waals surface area contributed by atoms with Crippen LogP contribution >= 0.6 is 0 Å². The van der Waals surface area contributed by atoms with Crippen molar-refractivity contribution < 1.29 is 18.3 Å². The van der Waals surface area contributed by atoms with E-state index in [1.54, 1.807) is 0 Å². The third kappa shape index (κ3) is 3.20. The van der Waals surface area contributed by atoms with E-state index in [-0.39, 0.29) is 18.9 Å². The first-order valence-corrected chi connectivity index (χ1v) is 6.32. The molecule has 0 aliphatic carbocycles. The Morgan fingerprint density at radius 3 is 2.79 bits per heavy atom. The standard InChI is InChI=1S/C8H17NO4S/c1-13-7-8(10)6-9-4-2-3-5-14(9,11)12/h8,10H,2-7H2,1H3. The highest BCUT2D eigenvalue weighted by molar-refractivity contribution is 7.89. The first-order valence-electron chi connectivity index (χ1n) is 4.71. The molecule has 0 bridgehead atoms. The van der Waals surface area contributed by atoms with E-state index in [0.29, 0.717) is 6.54 Å². The highest BCUT2D eigenvalue weighted by Gasteiger charge is 2.27. The zero-order valence-electron chi connectivity index (χ0n) is 8.35. The van der Waals surface area contributed by atoms with Gasteiger partial charge in [-0.15, -0.1) is 0 Å². The van der Waals surface area contributed by atoms with E-state index in [2.05, 4.69) is 0 Å². The van der Waals surface area contributed by atoms with E-state index < -0.39 is 16.1 Å². The summed E-state index contributed by atoms with van der Waals surface area (Å²) in [5, 5.41) is 9.40. The van der Waals surface area contributed by atoms with Crippen molar-refractivity contribution in [1.29, 1.82) is 0 Å². The lowest BCUT2D eigenvalue weighted by Crippen LogP contribution is -2.43. The Balaban J connectivity index is 2.49. The number of β-amino-alcohol motifs (C(OH)–C–C–N with tert-alkyl or cyclic N) is 1. The molecule has 6 heteroatoms. The average molecular weight is 223 g/mol. The lowest BCUT2D eigenvalue weighted by atomic mass is 10.3. The highest BCUT2D eigenvalue weighted by atomic mass is 32.2. The molecule has 0 amide bonds. The number of ether oxygens (including phenoxy) is 1. The van der Waals surface area contributed by atoms with Gasteiger partial charge in [-0.3, -0.25) is 0 Å². The van der Waals surface area contributed by atoms with Crippen molar-refractivity contribution in [1.82, 2.24) is 4.31 Å². The molecular formula is C8H17NO4S. The van der Waals surface area contributed by atoms with Crippen molar-refractivity contribution in [2.45, 2.75) is 18.9 Å². The van der Waals surface area contributed by atoms with E-state index in [0.717, 1.165) is 12.8 Å². The van der Waals surface area contributed by atoms with Crippen molar-refractivity contribution in [2.24, 2.45) is 0 Å². The summed E-state index contributed by atoms with van der Waals surface area (Å²) in [4.78, 5) is 0. The number of hydrogen-bond donors (Lipinski definition) is 1. The molecule has 14 heavy (non-hydrogen) atoms. The second-order valence-electron chi connectivity index (χ2n) is 3.49. The molecule has 1 fully saturated rings. The Morgan fingerprint density at radius 1 is 1.50 bits per heavy atom. The molecule has 1 aliphatic heterocycles. The van der Waals surface area contributed by atoms with Crippen LogP contribution in [-0.4, -0.2) is 56.5 Å². The zero-order valence-corrected chi connectivity index (χ0v) is 9.16. The number of hydrogen-bond acceptors (Lipinski definition) is 4. The van der Waals surface area contributed by atoms with E-state index in [4.69, 9.17) is 4.74 Å². The van der Waals surface area contributed by atoms with Gasteiger partial charge in [-0.1, -0.05) is 0 Å². The van der Waals surface area contributed by atoms with Gasteiger partial charge in [-0.25, -0.2) is 8.42 Å². The first kappa shape index (κ1) is 11.9. The maximum absolute atomic E-state index is 11.5. The predicted octanol–water partition coefficient (Wildman–Crippen LogP) is -0.581. The quantitative estimate of drug-likeness (QED) is 0.692. The third-order valence-electron chi connectivity index (χ3n) is 2.23. The highest BCUT2D eigenvalue weighted by Crippen LogP contribution is 2.13. The molecule has 1 heterocycles. The molecule has 0 radical (unpaired) electrons.